The van der Waals surface area contributed by atoms with Crippen molar-refractivity contribution in [2.75, 3.05) is 19.8 Å². The van der Waals surface area contributed by atoms with Gasteiger partial charge in [-0.3, -0.25) is 4.79 Å². The molecule has 0 heterocycles. The molecule has 0 aliphatic rings. The van der Waals surface area contributed by atoms with E-state index in [1.165, 1.54) is 12.1 Å². The SMILES string of the molecule is CCOc1ccccc1CCCNC(=O)COc1cccc(C(F)(F)F)c1. The number of alkyl halides is 3. The minimum atomic E-state index is -4.45. The fraction of sp³-hybridized carbons (Fsp3) is 0.350. The van der Waals surface area contributed by atoms with Gasteiger partial charge in [0.1, 0.15) is 11.5 Å². The molecule has 0 radical (unpaired) electrons. The van der Waals surface area contributed by atoms with E-state index in [4.69, 9.17) is 9.47 Å². The van der Waals surface area contributed by atoms with Crippen LogP contribution >= 0.6 is 0 Å². The van der Waals surface area contributed by atoms with Gasteiger partial charge < -0.3 is 14.8 Å². The van der Waals surface area contributed by atoms with Gasteiger partial charge in [0, 0.05) is 6.54 Å². The zero-order chi connectivity index (χ0) is 19.7. The zero-order valence-electron chi connectivity index (χ0n) is 15.0. The number of hydrogen-bond donors (Lipinski definition) is 1. The summed E-state index contributed by atoms with van der Waals surface area (Å²) in [6.07, 6.45) is -3.00. The fourth-order valence-electron chi connectivity index (χ4n) is 2.48. The van der Waals surface area contributed by atoms with Gasteiger partial charge >= 0.3 is 6.18 Å². The van der Waals surface area contributed by atoms with Crippen LogP contribution in [0.25, 0.3) is 0 Å². The van der Waals surface area contributed by atoms with Crippen LogP contribution in [0.1, 0.15) is 24.5 Å². The standard InChI is InChI=1S/C20H22F3NO3/c1-2-26-18-11-4-3-7-15(18)8-6-12-24-19(25)14-27-17-10-5-9-16(13-17)20(21,22)23/h3-5,7,9-11,13H,2,6,8,12,14H2,1H3,(H,24,25). The summed E-state index contributed by atoms with van der Waals surface area (Å²) in [4.78, 5) is 11.8. The molecular weight excluding hydrogens is 359 g/mol. The smallest absolute Gasteiger partial charge is 0.416 e. The van der Waals surface area contributed by atoms with Crippen LogP contribution in [0.5, 0.6) is 11.5 Å². The molecule has 0 fully saturated rings. The van der Waals surface area contributed by atoms with Gasteiger partial charge in [-0.25, -0.2) is 0 Å². The minimum absolute atomic E-state index is 0.00520. The van der Waals surface area contributed by atoms with Crippen molar-refractivity contribution in [2.45, 2.75) is 25.9 Å². The average Bonchev–Trinajstić information content (AvgIpc) is 2.64. The lowest BCUT2D eigenvalue weighted by Gasteiger charge is -2.11. The number of hydrogen-bond acceptors (Lipinski definition) is 3. The maximum Gasteiger partial charge on any atom is 0.416 e. The quantitative estimate of drug-likeness (QED) is 0.661. The molecule has 0 aliphatic carbocycles. The van der Waals surface area contributed by atoms with Crippen LogP contribution in [-0.4, -0.2) is 25.7 Å². The largest absolute Gasteiger partial charge is 0.494 e. The summed E-state index contributed by atoms with van der Waals surface area (Å²) in [6.45, 7) is 2.60. The second-order valence-electron chi connectivity index (χ2n) is 5.81. The Hall–Kier alpha value is -2.70. The van der Waals surface area contributed by atoms with Gasteiger partial charge in [0.15, 0.2) is 6.61 Å². The van der Waals surface area contributed by atoms with E-state index in [9.17, 15) is 18.0 Å². The Bertz CT molecular complexity index is 747. The molecule has 2 aromatic carbocycles. The van der Waals surface area contributed by atoms with Gasteiger partial charge in [0.25, 0.3) is 5.91 Å². The molecule has 2 aromatic rings. The molecule has 7 heteroatoms. The van der Waals surface area contributed by atoms with E-state index >= 15 is 0 Å². The Morgan fingerprint density at radius 3 is 2.59 bits per heavy atom. The van der Waals surface area contributed by atoms with E-state index in [0.717, 1.165) is 29.9 Å². The van der Waals surface area contributed by atoms with Crippen LogP contribution in [0.4, 0.5) is 13.2 Å². The van der Waals surface area contributed by atoms with Crippen molar-refractivity contribution in [1.29, 1.82) is 0 Å². The van der Waals surface area contributed by atoms with Crippen molar-refractivity contribution in [3.8, 4) is 11.5 Å². The monoisotopic (exact) mass is 381 g/mol. The van der Waals surface area contributed by atoms with E-state index in [-0.39, 0.29) is 18.3 Å². The molecule has 27 heavy (non-hydrogen) atoms. The predicted molar refractivity (Wildman–Crippen MR) is 95.9 cm³/mol. The zero-order valence-corrected chi connectivity index (χ0v) is 15.0. The second-order valence-corrected chi connectivity index (χ2v) is 5.81. The lowest BCUT2D eigenvalue weighted by atomic mass is 10.1. The van der Waals surface area contributed by atoms with Crippen molar-refractivity contribution in [3.63, 3.8) is 0 Å². The van der Waals surface area contributed by atoms with E-state index in [0.29, 0.717) is 19.6 Å². The van der Waals surface area contributed by atoms with Crippen LogP contribution < -0.4 is 14.8 Å². The second kappa shape index (κ2) is 9.85. The first kappa shape index (κ1) is 20.6. The maximum absolute atomic E-state index is 12.6. The lowest BCUT2D eigenvalue weighted by Crippen LogP contribution is -2.30. The molecule has 0 atom stereocenters. The molecule has 0 aromatic heterocycles. The highest BCUT2D eigenvalue weighted by molar-refractivity contribution is 5.77. The van der Waals surface area contributed by atoms with Crippen molar-refractivity contribution < 1.29 is 27.4 Å². The summed E-state index contributed by atoms with van der Waals surface area (Å²) in [5, 5.41) is 2.69. The van der Waals surface area contributed by atoms with Crippen molar-refractivity contribution in [2.24, 2.45) is 0 Å². The minimum Gasteiger partial charge on any atom is -0.494 e. The first-order valence-electron chi connectivity index (χ1n) is 8.67. The summed E-state index contributed by atoms with van der Waals surface area (Å²) < 4.78 is 48.6. The average molecular weight is 381 g/mol. The lowest BCUT2D eigenvalue weighted by molar-refractivity contribution is -0.137. The fourth-order valence-corrected chi connectivity index (χ4v) is 2.48. The van der Waals surface area contributed by atoms with Crippen LogP contribution in [0.2, 0.25) is 0 Å². The number of carbonyl (C=O) groups is 1. The number of benzene rings is 2. The molecule has 0 aliphatic heterocycles. The predicted octanol–water partition coefficient (Wildman–Crippen LogP) is 4.23. The number of amides is 1. The summed E-state index contributed by atoms with van der Waals surface area (Å²) >= 11 is 0. The molecule has 146 valence electrons. The Morgan fingerprint density at radius 1 is 1.07 bits per heavy atom. The highest BCUT2D eigenvalue weighted by atomic mass is 19.4. The Morgan fingerprint density at radius 2 is 1.85 bits per heavy atom. The van der Waals surface area contributed by atoms with E-state index < -0.39 is 11.7 Å². The number of ether oxygens (including phenoxy) is 2. The van der Waals surface area contributed by atoms with E-state index in [1.54, 1.807) is 0 Å². The summed E-state index contributed by atoms with van der Waals surface area (Å²) in [7, 11) is 0. The number of rotatable bonds is 9. The van der Waals surface area contributed by atoms with Crippen molar-refractivity contribution in [1.82, 2.24) is 5.32 Å². The Kier molecular flexibility index (Phi) is 7.52. The number of aryl methyl sites for hydroxylation is 1. The maximum atomic E-state index is 12.6. The Labute approximate surface area is 156 Å². The molecule has 0 saturated heterocycles. The molecule has 0 bridgehead atoms. The topological polar surface area (TPSA) is 47.6 Å². The molecule has 0 spiro atoms. The summed E-state index contributed by atoms with van der Waals surface area (Å²) in [6, 6.07) is 12.2. The highest BCUT2D eigenvalue weighted by Gasteiger charge is 2.30. The molecule has 2 rings (SSSR count). The molecule has 4 nitrogen and oxygen atoms in total. The van der Waals surface area contributed by atoms with Crippen LogP contribution in [0, 0.1) is 0 Å². The van der Waals surface area contributed by atoms with Crippen molar-refractivity contribution in [3.05, 3.63) is 59.7 Å². The van der Waals surface area contributed by atoms with Crippen LogP contribution in [0.15, 0.2) is 48.5 Å². The first-order chi connectivity index (χ1) is 12.9. The van der Waals surface area contributed by atoms with Gasteiger partial charge in [-0.1, -0.05) is 24.3 Å². The summed E-state index contributed by atoms with van der Waals surface area (Å²) in [5.74, 6) is 0.454. The molecular formula is C20H22F3NO3. The van der Waals surface area contributed by atoms with Gasteiger partial charge in [0.2, 0.25) is 0 Å². The van der Waals surface area contributed by atoms with Crippen molar-refractivity contribution >= 4 is 5.91 Å². The van der Waals surface area contributed by atoms with Crippen LogP contribution in [-0.2, 0) is 17.4 Å². The van der Waals surface area contributed by atoms with Gasteiger partial charge in [0.05, 0.1) is 12.2 Å². The van der Waals surface area contributed by atoms with Gasteiger partial charge in [-0.05, 0) is 49.6 Å². The third-order valence-corrected chi connectivity index (χ3v) is 3.75. The van der Waals surface area contributed by atoms with Gasteiger partial charge in [-0.15, -0.1) is 0 Å². The third-order valence-electron chi connectivity index (χ3n) is 3.75. The number of para-hydroxylation sites is 1. The summed E-state index contributed by atoms with van der Waals surface area (Å²) in [5.41, 5.74) is 0.252. The normalized spacial score (nSPS) is 11.1. The van der Waals surface area contributed by atoms with E-state index in [1.807, 2.05) is 31.2 Å². The van der Waals surface area contributed by atoms with Crippen LogP contribution in [0.3, 0.4) is 0 Å². The molecule has 0 saturated carbocycles. The Balaban J connectivity index is 1.73. The highest BCUT2D eigenvalue weighted by Crippen LogP contribution is 2.31. The third kappa shape index (κ3) is 6.84. The molecule has 1 N–H and O–H groups in total. The van der Waals surface area contributed by atoms with E-state index in [2.05, 4.69) is 5.32 Å². The van der Waals surface area contributed by atoms with Gasteiger partial charge in [-0.2, -0.15) is 13.2 Å². The molecule has 0 unspecified atom stereocenters. The number of carbonyl (C=O) groups excluding carboxylic acids is 1. The molecule has 1 amide bonds. The number of nitrogens with one attached hydrogen (secondary N) is 1. The number of halogens is 3. The first-order valence-corrected chi connectivity index (χ1v) is 8.67.